The molecule has 2 aromatic rings. The highest BCUT2D eigenvalue weighted by molar-refractivity contribution is 7.90. The Labute approximate surface area is 154 Å². The Bertz CT molecular complexity index is 904. The summed E-state index contributed by atoms with van der Waals surface area (Å²) < 4.78 is 29.0. The monoisotopic (exact) mass is 373 g/mol. The largest absolute Gasteiger partial charge is 0.488 e. The molecule has 0 unspecified atom stereocenters. The van der Waals surface area contributed by atoms with Crippen LogP contribution in [0, 0.1) is 0 Å². The SMILES string of the molecule is CCCC(=O)NC[C@H]1Cc2cc(-c3ccc(S(C)(=O)=O)cc3)ccc2O1. The number of rotatable bonds is 6. The van der Waals surface area contributed by atoms with Gasteiger partial charge in [-0.3, -0.25) is 4.79 Å². The van der Waals surface area contributed by atoms with E-state index in [0.29, 0.717) is 17.9 Å². The second-order valence-corrected chi connectivity index (χ2v) is 8.63. The van der Waals surface area contributed by atoms with Crippen LogP contribution in [-0.4, -0.2) is 33.2 Å². The Morgan fingerprint density at radius 1 is 1.15 bits per heavy atom. The first kappa shape index (κ1) is 18.5. The van der Waals surface area contributed by atoms with E-state index >= 15 is 0 Å². The lowest BCUT2D eigenvalue weighted by atomic mass is 10.0. The highest BCUT2D eigenvalue weighted by atomic mass is 32.2. The maximum absolute atomic E-state index is 11.6. The number of benzene rings is 2. The average molecular weight is 373 g/mol. The van der Waals surface area contributed by atoms with Gasteiger partial charge in [0.2, 0.25) is 5.91 Å². The van der Waals surface area contributed by atoms with E-state index in [-0.39, 0.29) is 12.0 Å². The van der Waals surface area contributed by atoms with Crippen molar-refractivity contribution in [3.8, 4) is 16.9 Å². The number of ether oxygens (including phenoxy) is 1. The molecule has 2 aromatic carbocycles. The van der Waals surface area contributed by atoms with Crippen LogP contribution in [-0.2, 0) is 21.1 Å². The fraction of sp³-hybridized carbons (Fsp3) is 0.350. The standard InChI is InChI=1S/C20H23NO4S/c1-3-4-20(22)21-13-17-12-16-11-15(7-10-19(16)25-17)14-5-8-18(9-6-14)26(2,23)24/h5-11,17H,3-4,12-13H2,1-2H3,(H,21,22)/t17-/m1/s1. The molecule has 0 fully saturated rings. The molecular formula is C20H23NO4S. The van der Waals surface area contributed by atoms with Crippen LogP contribution in [0.1, 0.15) is 25.3 Å². The number of carbonyl (C=O) groups is 1. The first-order valence-corrected chi connectivity index (χ1v) is 10.6. The van der Waals surface area contributed by atoms with E-state index < -0.39 is 9.84 Å². The summed E-state index contributed by atoms with van der Waals surface area (Å²) >= 11 is 0. The van der Waals surface area contributed by atoms with Gasteiger partial charge >= 0.3 is 0 Å². The summed E-state index contributed by atoms with van der Waals surface area (Å²) in [6, 6.07) is 12.8. The molecular weight excluding hydrogens is 350 g/mol. The Kier molecular flexibility index (Phi) is 5.32. The Morgan fingerprint density at radius 2 is 1.85 bits per heavy atom. The van der Waals surface area contributed by atoms with Crippen molar-refractivity contribution in [2.45, 2.75) is 37.2 Å². The van der Waals surface area contributed by atoms with Gasteiger partial charge in [0.1, 0.15) is 11.9 Å². The summed E-state index contributed by atoms with van der Waals surface area (Å²) in [6.07, 6.45) is 3.27. The van der Waals surface area contributed by atoms with E-state index in [4.69, 9.17) is 4.74 Å². The summed E-state index contributed by atoms with van der Waals surface area (Å²) in [5.74, 6) is 0.898. The molecule has 0 aliphatic carbocycles. The summed E-state index contributed by atoms with van der Waals surface area (Å²) in [4.78, 5) is 11.9. The van der Waals surface area contributed by atoms with Crippen molar-refractivity contribution in [2.75, 3.05) is 12.8 Å². The zero-order chi connectivity index (χ0) is 18.7. The lowest BCUT2D eigenvalue weighted by Crippen LogP contribution is -2.34. The van der Waals surface area contributed by atoms with E-state index in [2.05, 4.69) is 11.4 Å². The third-order valence-corrected chi connectivity index (χ3v) is 5.55. The Balaban J connectivity index is 1.70. The zero-order valence-electron chi connectivity index (χ0n) is 15.0. The molecule has 1 aliphatic heterocycles. The molecule has 6 heteroatoms. The van der Waals surface area contributed by atoms with Gasteiger partial charge in [0.25, 0.3) is 0 Å². The number of hydrogen-bond donors (Lipinski definition) is 1. The van der Waals surface area contributed by atoms with E-state index in [1.807, 2.05) is 31.2 Å². The molecule has 0 saturated carbocycles. The van der Waals surface area contributed by atoms with Crippen LogP contribution in [0.2, 0.25) is 0 Å². The van der Waals surface area contributed by atoms with Crippen molar-refractivity contribution in [3.05, 3.63) is 48.0 Å². The first-order valence-electron chi connectivity index (χ1n) is 8.73. The molecule has 1 aliphatic rings. The molecule has 138 valence electrons. The van der Waals surface area contributed by atoms with Gasteiger partial charge in [0.05, 0.1) is 11.4 Å². The first-order chi connectivity index (χ1) is 12.4. The molecule has 0 saturated heterocycles. The van der Waals surface area contributed by atoms with Gasteiger partial charge in [0.15, 0.2) is 9.84 Å². The normalized spacial score (nSPS) is 16.0. The molecule has 0 radical (unpaired) electrons. The number of sulfone groups is 1. The fourth-order valence-electron chi connectivity index (χ4n) is 3.05. The van der Waals surface area contributed by atoms with Crippen LogP contribution in [0.4, 0.5) is 0 Å². The van der Waals surface area contributed by atoms with Gasteiger partial charge in [-0.25, -0.2) is 8.42 Å². The highest BCUT2D eigenvalue weighted by Crippen LogP contribution is 2.33. The predicted molar refractivity (Wildman–Crippen MR) is 101 cm³/mol. The fourth-order valence-corrected chi connectivity index (χ4v) is 3.68. The Hall–Kier alpha value is -2.34. The van der Waals surface area contributed by atoms with Gasteiger partial charge in [-0.2, -0.15) is 0 Å². The highest BCUT2D eigenvalue weighted by Gasteiger charge is 2.23. The predicted octanol–water partition coefficient (Wildman–Crippen LogP) is 2.98. The second kappa shape index (κ2) is 7.50. The zero-order valence-corrected chi connectivity index (χ0v) is 15.8. The molecule has 1 N–H and O–H groups in total. The van der Waals surface area contributed by atoms with Crippen LogP contribution in [0.15, 0.2) is 47.4 Å². The number of nitrogens with one attached hydrogen (secondary N) is 1. The quantitative estimate of drug-likeness (QED) is 0.845. The maximum Gasteiger partial charge on any atom is 0.220 e. The third kappa shape index (κ3) is 4.25. The molecule has 0 spiro atoms. The van der Waals surface area contributed by atoms with E-state index in [9.17, 15) is 13.2 Å². The molecule has 26 heavy (non-hydrogen) atoms. The maximum atomic E-state index is 11.6. The topological polar surface area (TPSA) is 72.5 Å². The summed E-state index contributed by atoms with van der Waals surface area (Å²) in [7, 11) is -3.19. The van der Waals surface area contributed by atoms with Gasteiger partial charge in [0, 0.05) is 19.1 Å². The lowest BCUT2D eigenvalue weighted by Gasteiger charge is -2.11. The number of amides is 1. The minimum absolute atomic E-state index is 0.0475. The van der Waals surface area contributed by atoms with E-state index in [1.165, 1.54) is 6.26 Å². The minimum atomic E-state index is -3.19. The molecule has 3 rings (SSSR count). The van der Waals surface area contributed by atoms with Crippen molar-refractivity contribution in [1.29, 1.82) is 0 Å². The van der Waals surface area contributed by atoms with Crippen molar-refractivity contribution in [2.24, 2.45) is 0 Å². The van der Waals surface area contributed by atoms with E-state index in [0.717, 1.165) is 35.3 Å². The average Bonchev–Trinajstić information content (AvgIpc) is 3.01. The van der Waals surface area contributed by atoms with Crippen LogP contribution in [0.3, 0.4) is 0 Å². The van der Waals surface area contributed by atoms with Gasteiger partial charge < -0.3 is 10.1 Å². The molecule has 1 amide bonds. The number of fused-ring (bicyclic) bond motifs is 1. The van der Waals surface area contributed by atoms with E-state index in [1.54, 1.807) is 12.1 Å². The Morgan fingerprint density at radius 3 is 2.50 bits per heavy atom. The number of hydrogen-bond acceptors (Lipinski definition) is 4. The van der Waals surface area contributed by atoms with Crippen LogP contribution in [0.25, 0.3) is 11.1 Å². The van der Waals surface area contributed by atoms with Crippen molar-refractivity contribution < 1.29 is 17.9 Å². The lowest BCUT2D eigenvalue weighted by molar-refractivity contribution is -0.121. The van der Waals surface area contributed by atoms with Crippen molar-refractivity contribution in [1.82, 2.24) is 5.32 Å². The molecule has 5 nitrogen and oxygen atoms in total. The minimum Gasteiger partial charge on any atom is -0.488 e. The molecule has 0 aromatic heterocycles. The smallest absolute Gasteiger partial charge is 0.220 e. The molecule has 0 bridgehead atoms. The van der Waals surface area contributed by atoms with Crippen LogP contribution >= 0.6 is 0 Å². The van der Waals surface area contributed by atoms with Gasteiger partial charge in [-0.05, 0) is 47.4 Å². The van der Waals surface area contributed by atoms with Crippen molar-refractivity contribution >= 4 is 15.7 Å². The second-order valence-electron chi connectivity index (χ2n) is 6.62. The molecule has 1 heterocycles. The van der Waals surface area contributed by atoms with Gasteiger partial charge in [-0.1, -0.05) is 25.1 Å². The summed E-state index contributed by atoms with van der Waals surface area (Å²) in [5.41, 5.74) is 3.08. The van der Waals surface area contributed by atoms with Crippen molar-refractivity contribution in [3.63, 3.8) is 0 Å². The van der Waals surface area contributed by atoms with Gasteiger partial charge in [-0.15, -0.1) is 0 Å². The summed E-state index contributed by atoms with van der Waals surface area (Å²) in [5, 5.41) is 2.91. The van der Waals surface area contributed by atoms with Crippen LogP contribution in [0.5, 0.6) is 5.75 Å². The summed E-state index contributed by atoms with van der Waals surface area (Å²) in [6.45, 7) is 2.48. The molecule has 1 atom stereocenters. The van der Waals surface area contributed by atoms with Crippen LogP contribution < -0.4 is 10.1 Å². The number of carbonyl (C=O) groups excluding carboxylic acids is 1. The third-order valence-electron chi connectivity index (χ3n) is 4.42.